The molecule has 23 nitrogen and oxygen atoms in total. The summed E-state index contributed by atoms with van der Waals surface area (Å²) in [7, 11) is 0. The molecule has 0 unspecified atom stereocenters. The van der Waals surface area contributed by atoms with Crippen molar-refractivity contribution in [2.75, 3.05) is 68.9 Å². The topological polar surface area (TPSA) is 380 Å². The number of carbonyl (C=O) groups is 9. The van der Waals surface area contributed by atoms with E-state index < -0.39 is 115 Å². The molecule has 10 amide bonds. The smallest absolute Gasteiger partial charge is 0.312 e. The van der Waals surface area contributed by atoms with Crippen LogP contribution in [0.2, 0.25) is 0 Å². The van der Waals surface area contributed by atoms with Gasteiger partial charge in [0.2, 0.25) is 47.3 Å². The third-order valence-electron chi connectivity index (χ3n) is 10.1. The summed E-state index contributed by atoms with van der Waals surface area (Å²) < 4.78 is 0. The largest absolute Gasteiger partial charge is 0.394 e. The second-order valence-electron chi connectivity index (χ2n) is 15.2. The fraction of sp³-hybridized carbons (Fsp3) is 0.769. The summed E-state index contributed by atoms with van der Waals surface area (Å²) in [6.07, 6.45) is 7.33. The number of hydrogen-bond acceptors (Lipinski definition) is 16. The molecule has 0 saturated carbocycles. The van der Waals surface area contributed by atoms with E-state index in [1.165, 1.54) is 35.3 Å². The number of nitrogens with one attached hydrogen (secondary N) is 9. The van der Waals surface area contributed by atoms with Gasteiger partial charge in [-0.25, -0.2) is 4.79 Å². The molecule has 1 heterocycles. The van der Waals surface area contributed by atoms with Gasteiger partial charge in [-0.3, -0.25) is 38.4 Å². The van der Waals surface area contributed by atoms with Crippen molar-refractivity contribution in [1.82, 2.24) is 47.9 Å². The maximum absolute atomic E-state index is 14.1. The van der Waals surface area contributed by atoms with Gasteiger partial charge < -0.3 is 75.3 Å². The van der Waals surface area contributed by atoms with Gasteiger partial charge in [-0.1, -0.05) is 0 Å². The third kappa shape index (κ3) is 23.3. The van der Waals surface area contributed by atoms with Crippen molar-refractivity contribution in [3.05, 3.63) is 0 Å². The summed E-state index contributed by atoms with van der Waals surface area (Å²) >= 11 is 4.10. The van der Waals surface area contributed by atoms with Gasteiger partial charge in [-0.15, -0.1) is 0 Å². The first kappa shape index (κ1) is 58.9. The molecule has 0 aromatic heterocycles. The number of amides is 10. The van der Waals surface area contributed by atoms with Crippen molar-refractivity contribution in [2.24, 2.45) is 17.2 Å². The van der Waals surface area contributed by atoms with Crippen molar-refractivity contribution in [3.8, 4) is 0 Å². The lowest BCUT2D eigenvalue weighted by molar-refractivity contribution is -0.137. The molecule has 65 heavy (non-hydrogen) atoms. The van der Waals surface area contributed by atoms with E-state index in [0.717, 1.165) is 0 Å². The molecule has 8 atom stereocenters. The van der Waals surface area contributed by atoms with E-state index in [-0.39, 0.29) is 64.6 Å². The molecule has 1 aliphatic heterocycles. The Morgan fingerprint density at radius 3 is 0.938 bits per heavy atom. The molecule has 1 fully saturated rings. The lowest BCUT2D eigenvalue weighted by atomic mass is 10.0. The van der Waals surface area contributed by atoms with E-state index in [1.807, 2.05) is 0 Å². The van der Waals surface area contributed by atoms with Crippen LogP contribution in [-0.4, -0.2) is 181 Å². The van der Waals surface area contributed by atoms with Gasteiger partial charge in [0.15, 0.2) is 0 Å². The lowest BCUT2D eigenvalue weighted by Crippen LogP contribution is -2.62. The Morgan fingerprint density at radius 1 is 0.446 bits per heavy atom. The van der Waals surface area contributed by atoms with Gasteiger partial charge in [0, 0.05) is 6.54 Å². The monoisotopic (exact) mass is 980 g/mol. The minimum absolute atomic E-state index is 0.0190. The Morgan fingerprint density at radius 2 is 0.692 bits per heavy atom. The third-order valence-corrected chi connectivity index (χ3v) is 12.1. The number of rotatable bonds is 23. The summed E-state index contributed by atoms with van der Waals surface area (Å²) in [5.41, 5.74) is 16.6. The van der Waals surface area contributed by atoms with Crippen LogP contribution in [0.1, 0.15) is 70.6 Å². The molecular weight excluding hydrogens is 909 g/mol. The Bertz CT molecular complexity index is 1540. The number of thioether (sulfide) groups is 3. The van der Waals surface area contributed by atoms with Crippen molar-refractivity contribution in [2.45, 2.75) is 119 Å². The van der Waals surface area contributed by atoms with Gasteiger partial charge >= 0.3 is 6.03 Å². The van der Waals surface area contributed by atoms with E-state index >= 15 is 0 Å². The van der Waals surface area contributed by atoms with E-state index in [4.69, 9.17) is 17.2 Å². The van der Waals surface area contributed by atoms with E-state index in [9.17, 15) is 53.4 Å². The zero-order valence-corrected chi connectivity index (χ0v) is 40.0. The van der Waals surface area contributed by atoms with Crippen molar-refractivity contribution in [1.29, 1.82) is 0 Å². The van der Waals surface area contributed by atoms with Crippen LogP contribution in [0.15, 0.2) is 0 Å². The van der Waals surface area contributed by atoms with Crippen molar-refractivity contribution in [3.63, 3.8) is 0 Å². The van der Waals surface area contributed by atoms with E-state index in [1.54, 1.807) is 18.8 Å². The average Bonchev–Trinajstić information content (AvgIpc) is 3.28. The molecule has 1 rings (SSSR count). The second-order valence-corrected chi connectivity index (χ2v) is 18.2. The first-order valence-corrected chi connectivity index (χ1v) is 25.8. The Labute approximate surface area is 393 Å². The van der Waals surface area contributed by atoms with Crippen LogP contribution in [0, 0.1) is 0 Å². The van der Waals surface area contributed by atoms with Crippen LogP contribution in [-0.2, 0) is 38.4 Å². The number of aliphatic hydroxyl groups is 2. The highest BCUT2D eigenvalue weighted by molar-refractivity contribution is 7.98. The number of urea groups is 1. The molecule has 1 saturated heterocycles. The summed E-state index contributed by atoms with van der Waals surface area (Å²) in [4.78, 5) is 122. The van der Waals surface area contributed by atoms with Crippen LogP contribution < -0.4 is 65.1 Å². The van der Waals surface area contributed by atoms with Crippen LogP contribution in [0.3, 0.4) is 0 Å². The first-order chi connectivity index (χ1) is 31.1. The minimum atomic E-state index is -1.61. The SMILES string of the molecule is CSCC[C@@H]1NC(=O)[C@H](CO)NC(=O)[C@H](CCSC)NC(=O)[C@H](CCCCN)NC(=O)[C@H](CCCNC(N)=O)NC(=O)[C@H](CCSC)NC(=O)[C@H](CO)NC(=O)[C@H](CCCCN)NC1=O. The van der Waals surface area contributed by atoms with Gasteiger partial charge in [-0.05, 0) is 120 Å². The fourth-order valence-electron chi connectivity index (χ4n) is 6.39. The van der Waals surface area contributed by atoms with E-state index in [0.29, 0.717) is 42.9 Å². The zero-order valence-electron chi connectivity index (χ0n) is 37.6. The average molecular weight is 981 g/mol. The van der Waals surface area contributed by atoms with Crippen LogP contribution in [0.5, 0.6) is 0 Å². The molecule has 0 aliphatic carbocycles. The van der Waals surface area contributed by atoms with Crippen molar-refractivity contribution >= 4 is 88.6 Å². The normalized spacial score (nSPS) is 24.8. The highest BCUT2D eigenvalue weighted by atomic mass is 32.2. The molecular formula is C39H72N12O11S3. The molecule has 0 radical (unpaired) electrons. The van der Waals surface area contributed by atoms with Crippen LogP contribution in [0.4, 0.5) is 4.79 Å². The van der Waals surface area contributed by atoms with E-state index in [2.05, 4.69) is 47.9 Å². The molecule has 0 spiro atoms. The number of nitrogens with two attached hydrogens (primary N) is 3. The molecule has 1 aliphatic rings. The fourth-order valence-corrected chi connectivity index (χ4v) is 7.80. The molecule has 17 N–H and O–H groups in total. The summed E-state index contributed by atoms with van der Waals surface area (Å²) in [5, 5.41) is 43.6. The van der Waals surface area contributed by atoms with Gasteiger partial charge in [0.25, 0.3) is 0 Å². The highest BCUT2D eigenvalue weighted by Gasteiger charge is 2.35. The maximum atomic E-state index is 14.1. The number of primary amides is 1. The molecule has 372 valence electrons. The predicted octanol–water partition coefficient (Wildman–Crippen LogP) is -4.17. The Hall–Kier alpha value is -4.08. The molecule has 26 heteroatoms. The predicted molar refractivity (Wildman–Crippen MR) is 251 cm³/mol. The first-order valence-electron chi connectivity index (χ1n) is 21.7. The van der Waals surface area contributed by atoms with Crippen LogP contribution >= 0.6 is 35.3 Å². The standard InChI is InChI=1S/C39H72N12O11S3/c1-63-18-12-26-34(57)45-24(10-5-7-16-41)33(56)50-29(21-52)37(60)49-27(13-19-64-2)35(58)46-25(11-8-17-43-39(42)62)32(55)44-23(9-4-6-15-40)31(54)47-28(14-20-65-3)36(59)51-30(22-53)38(61)48-26/h23-30,52-53H,4-22,40-41H2,1-3H3,(H,44,55)(H,45,57)(H,46,58)(H,47,54)(H,48,61)(H,49,60)(H,50,56)(H,51,59)(H3,42,43,62)/t23-,24-,25-,26-,27-,28-,29-,30-/m0/s1. The number of hydrogen-bond donors (Lipinski definition) is 14. The molecule has 0 aromatic rings. The van der Waals surface area contributed by atoms with Gasteiger partial charge in [-0.2, -0.15) is 35.3 Å². The quantitative estimate of drug-likeness (QED) is 0.0432. The summed E-state index contributed by atoms with van der Waals surface area (Å²) in [5.74, 6) is -5.67. The number of aliphatic hydroxyl groups excluding tert-OH is 2. The van der Waals surface area contributed by atoms with Gasteiger partial charge in [0.1, 0.15) is 48.3 Å². The molecule has 0 aromatic carbocycles. The zero-order chi connectivity index (χ0) is 48.7. The molecule has 0 bridgehead atoms. The number of carbonyl (C=O) groups excluding carboxylic acids is 9. The van der Waals surface area contributed by atoms with Crippen LogP contribution in [0.25, 0.3) is 0 Å². The summed E-state index contributed by atoms with van der Waals surface area (Å²) in [6.45, 7) is -1.25. The van der Waals surface area contributed by atoms with Gasteiger partial charge in [0.05, 0.1) is 13.2 Å². The summed E-state index contributed by atoms with van der Waals surface area (Å²) in [6, 6.07) is -11.7. The maximum Gasteiger partial charge on any atom is 0.312 e. The highest BCUT2D eigenvalue weighted by Crippen LogP contribution is 2.11. The lowest BCUT2D eigenvalue weighted by Gasteiger charge is -2.29. The van der Waals surface area contributed by atoms with Crippen molar-refractivity contribution < 1.29 is 53.4 Å². The number of unbranched alkanes of at least 4 members (excludes halogenated alkanes) is 2. The Kier molecular flexibility index (Phi) is 31.1. The second kappa shape index (κ2) is 34.3. The minimum Gasteiger partial charge on any atom is -0.394 e. The Balaban J connectivity index is 3.90.